The van der Waals surface area contributed by atoms with Gasteiger partial charge in [0.1, 0.15) is 5.92 Å². The van der Waals surface area contributed by atoms with Gasteiger partial charge in [0.25, 0.3) is 0 Å². The fourth-order valence-corrected chi connectivity index (χ4v) is 3.40. The molecular weight excluding hydrogens is 483 g/mol. The van der Waals surface area contributed by atoms with Crippen LogP contribution < -0.4 is 10.6 Å². The van der Waals surface area contributed by atoms with Gasteiger partial charge in [0.05, 0.1) is 12.6 Å². The fraction of sp³-hybridized carbons (Fsp3) is 0.529. The minimum absolute atomic E-state index is 0.116. The molecule has 1 heterocycles. The summed E-state index contributed by atoms with van der Waals surface area (Å²) in [5.41, 5.74) is -4.84. The van der Waals surface area contributed by atoms with Crippen LogP contribution in [0.2, 0.25) is 0 Å². The van der Waals surface area contributed by atoms with E-state index in [-0.39, 0.29) is 5.56 Å². The monoisotopic (exact) mass is 498 g/mol. The van der Waals surface area contributed by atoms with E-state index in [0.717, 1.165) is 0 Å². The number of alkyl halides is 9. The fourth-order valence-electron chi connectivity index (χ4n) is 3.12. The number of halogens is 9. The van der Waals surface area contributed by atoms with Crippen LogP contribution in [0.15, 0.2) is 30.3 Å². The number of thiocarbonyl (C=S) groups is 1. The van der Waals surface area contributed by atoms with Crippen molar-refractivity contribution in [3.63, 3.8) is 0 Å². The van der Waals surface area contributed by atoms with Gasteiger partial charge in [-0.25, -0.2) is 0 Å². The van der Waals surface area contributed by atoms with Gasteiger partial charge in [0.15, 0.2) is 5.11 Å². The van der Waals surface area contributed by atoms with Crippen molar-refractivity contribution in [1.82, 2.24) is 10.6 Å². The summed E-state index contributed by atoms with van der Waals surface area (Å²) in [4.78, 5) is 12.4. The number of carbonyl (C=O) groups excluding carboxylic acids is 1. The number of aliphatic hydroxyl groups is 1. The second-order valence-electron chi connectivity index (χ2n) is 6.70. The van der Waals surface area contributed by atoms with Gasteiger partial charge in [-0.3, -0.25) is 4.79 Å². The van der Waals surface area contributed by atoms with Crippen LogP contribution in [0.5, 0.6) is 0 Å². The maximum Gasteiger partial charge on any atom is 0.460 e. The molecule has 0 aliphatic carbocycles. The van der Waals surface area contributed by atoms with Crippen molar-refractivity contribution in [2.24, 2.45) is 5.92 Å². The maximum absolute atomic E-state index is 14.9. The van der Waals surface area contributed by atoms with E-state index < -0.39 is 59.3 Å². The number of rotatable bonds is 6. The van der Waals surface area contributed by atoms with Gasteiger partial charge in [-0.2, -0.15) is 39.5 Å². The average molecular weight is 498 g/mol. The molecule has 0 bridgehead atoms. The van der Waals surface area contributed by atoms with Crippen molar-refractivity contribution in [1.29, 1.82) is 0 Å². The molecule has 1 aromatic carbocycles. The van der Waals surface area contributed by atoms with Gasteiger partial charge in [0.2, 0.25) is 5.72 Å². The quantitative estimate of drug-likeness (QED) is 0.317. The number of esters is 1. The number of benzene rings is 1. The number of carbonyl (C=O) groups is 1. The minimum Gasteiger partial charge on any atom is -0.466 e. The van der Waals surface area contributed by atoms with Crippen LogP contribution in [0.4, 0.5) is 39.5 Å². The van der Waals surface area contributed by atoms with Gasteiger partial charge in [-0.15, -0.1) is 0 Å². The van der Waals surface area contributed by atoms with Gasteiger partial charge < -0.3 is 20.5 Å². The third kappa shape index (κ3) is 3.84. The lowest BCUT2D eigenvalue weighted by Gasteiger charge is -2.50. The topological polar surface area (TPSA) is 70.6 Å². The first kappa shape index (κ1) is 26.0. The number of hydrogen-bond donors (Lipinski definition) is 3. The molecule has 5 nitrogen and oxygen atoms in total. The first-order valence-corrected chi connectivity index (χ1v) is 9.09. The van der Waals surface area contributed by atoms with E-state index >= 15 is 0 Å². The molecule has 0 saturated carbocycles. The Kier molecular flexibility index (Phi) is 6.69. The Morgan fingerprint density at radius 3 is 2.06 bits per heavy atom. The molecule has 2 rings (SSSR count). The summed E-state index contributed by atoms with van der Waals surface area (Å²) in [6.45, 7) is 0.644. The van der Waals surface area contributed by atoms with Gasteiger partial charge >= 0.3 is 29.9 Å². The zero-order valence-electron chi connectivity index (χ0n) is 15.8. The number of hydrogen-bond acceptors (Lipinski definition) is 4. The van der Waals surface area contributed by atoms with E-state index in [4.69, 9.17) is 0 Å². The Morgan fingerprint density at radius 2 is 1.59 bits per heavy atom. The van der Waals surface area contributed by atoms with Gasteiger partial charge in [-0.1, -0.05) is 30.3 Å². The average Bonchev–Trinajstić information content (AvgIpc) is 2.66. The smallest absolute Gasteiger partial charge is 0.460 e. The molecule has 1 saturated heterocycles. The zero-order valence-corrected chi connectivity index (χ0v) is 16.6. The van der Waals surface area contributed by atoms with Crippen LogP contribution in [0.3, 0.4) is 0 Å². The van der Waals surface area contributed by atoms with E-state index in [9.17, 15) is 49.4 Å². The minimum atomic E-state index is -7.30. The standard InChI is InChI=1S/C17H15F9N2O3S/c1-2-31-11(29)9-10(8-6-4-3-5-7-8)27-12(32)28-13(9,30)14(18,19)15(20,21)16(22,23)17(24,25)26/h3-7,9-10,30H,2H2,1H3,(H2,27,28,32)/t9-,10-,13-/m1/s1. The third-order valence-corrected chi connectivity index (χ3v) is 4.92. The molecule has 0 unspecified atom stereocenters. The molecule has 32 heavy (non-hydrogen) atoms. The summed E-state index contributed by atoms with van der Waals surface area (Å²) < 4.78 is 127. The van der Waals surface area contributed by atoms with Gasteiger partial charge in [0, 0.05) is 0 Å². The van der Waals surface area contributed by atoms with Crippen molar-refractivity contribution < 1.29 is 54.2 Å². The van der Waals surface area contributed by atoms with Crippen molar-refractivity contribution in [2.45, 2.75) is 42.6 Å². The molecule has 3 atom stereocenters. The first-order chi connectivity index (χ1) is 14.5. The van der Waals surface area contributed by atoms with Crippen molar-refractivity contribution in [2.75, 3.05) is 6.61 Å². The third-order valence-electron chi connectivity index (χ3n) is 4.70. The van der Waals surface area contributed by atoms with E-state index in [0.29, 0.717) is 0 Å². The molecule has 180 valence electrons. The molecule has 1 aromatic rings. The Labute approximate surface area is 179 Å². The van der Waals surface area contributed by atoms with Crippen LogP contribution >= 0.6 is 12.2 Å². The summed E-state index contributed by atoms with van der Waals surface area (Å²) in [7, 11) is 0. The zero-order chi connectivity index (χ0) is 24.8. The molecule has 1 fully saturated rings. The molecule has 1 aliphatic heterocycles. The van der Waals surface area contributed by atoms with Crippen molar-refractivity contribution in [3.8, 4) is 0 Å². The highest BCUT2D eigenvalue weighted by Gasteiger charge is 2.87. The Morgan fingerprint density at radius 1 is 1.06 bits per heavy atom. The summed E-state index contributed by atoms with van der Waals surface area (Å²) >= 11 is 4.57. The normalized spacial score (nSPS) is 25.0. The van der Waals surface area contributed by atoms with Crippen LogP contribution in [-0.2, 0) is 9.53 Å². The molecule has 0 spiro atoms. The predicted molar refractivity (Wildman–Crippen MR) is 94.0 cm³/mol. The molecule has 0 amide bonds. The highest BCUT2D eigenvalue weighted by atomic mass is 32.1. The highest BCUT2D eigenvalue weighted by Crippen LogP contribution is 2.58. The predicted octanol–water partition coefficient (Wildman–Crippen LogP) is 3.54. The number of ether oxygens (including phenoxy) is 1. The van der Waals surface area contributed by atoms with Gasteiger partial charge in [-0.05, 0) is 24.7 Å². The summed E-state index contributed by atoms with van der Waals surface area (Å²) in [5, 5.41) is 13.0. The van der Waals surface area contributed by atoms with E-state index in [1.165, 1.54) is 42.6 Å². The summed E-state index contributed by atoms with van der Waals surface area (Å²) in [6, 6.07) is 4.55. The highest BCUT2D eigenvalue weighted by molar-refractivity contribution is 7.80. The van der Waals surface area contributed by atoms with Crippen LogP contribution in [-0.4, -0.2) is 52.5 Å². The lowest BCUT2D eigenvalue weighted by molar-refractivity contribution is -0.422. The second kappa shape index (κ2) is 8.24. The van der Waals surface area contributed by atoms with Crippen molar-refractivity contribution in [3.05, 3.63) is 35.9 Å². The van der Waals surface area contributed by atoms with Crippen molar-refractivity contribution >= 4 is 23.3 Å². The molecule has 0 aromatic heterocycles. The van der Waals surface area contributed by atoms with Crippen LogP contribution in [0.1, 0.15) is 18.5 Å². The van der Waals surface area contributed by atoms with Crippen LogP contribution in [0, 0.1) is 5.92 Å². The Balaban J connectivity index is 2.75. The molecule has 15 heteroatoms. The second-order valence-corrected chi connectivity index (χ2v) is 7.11. The summed E-state index contributed by atoms with van der Waals surface area (Å²) in [5.74, 6) is -25.8. The molecule has 1 aliphatic rings. The number of nitrogens with one attached hydrogen (secondary N) is 2. The molecule has 3 N–H and O–H groups in total. The van der Waals surface area contributed by atoms with Crippen LogP contribution in [0.25, 0.3) is 0 Å². The first-order valence-electron chi connectivity index (χ1n) is 8.68. The SMILES string of the molecule is CCOC(=O)[C@H]1[C@@H](c2ccccc2)NC(=S)N[C@]1(O)C(F)(F)C(F)(F)C(F)(F)C(F)(F)F. The largest absolute Gasteiger partial charge is 0.466 e. The Hall–Kier alpha value is -2.29. The van der Waals surface area contributed by atoms with E-state index in [2.05, 4.69) is 22.3 Å². The lowest BCUT2D eigenvalue weighted by atomic mass is 9.76. The van der Waals surface area contributed by atoms with E-state index in [1.54, 1.807) is 0 Å². The summed E-state index contributed by atoms with van der Waals surface area (Å²) in [6.07, 6.45) is -7.12. The lowest BCUT2D eigenvalue weighted by Crippen LogP contribution is -2.80. The Bertz CT molecular complexity index is 867. The molecule has 0 radical (unpaired) electrons. The molecular formula is C17H15F9N2O3S. The maximum atomic E-state index is 14.9. The van der Waals surface area contributed by atoms with E-state index in [1.807, 2.05) is 0 Å².